The maximum Gasteiger partial charge on any atom is 0.122 e. The van der Waals surface area contributed by atoms with Crippen molar-refractivity contribution in [3.63, 3.8) is 0 Å². The van der Waals surface area contributed by atoms with Crippen LogP contribution in [0.15, 0.2) is 12.1 Å². The molecule has 0 heterocycles. The van der Waals surface area contributed by atoms with Crippen molar-refractivity contribution in [2.75, 3.05) is 5.73 Å². The van der Waals surface area contributed by atoms with Gasteiger partial charge in [-0.1, -0.05) is 13.8 Å². The van der Waals surface area contributed by atoms with Crippen LogP contribution in [0.25, 0.3) is 0 Å². The molecule has 2 aliphatic rings. The molecule has 1 aromatic rings. The molecule has 0 spiro atoms. The molecule has 0 aromatic heterocycles. The number of phenols is 1. The summed E-state index contributed by atoms with van der Waals surface area (Å²) in [5.41, 5.74) is 8.98. The second kappa shape index (κ2) is 4.18. The number of rotatable bonds is 4. The van der Waals surface area contributed by atoms with Crippen LogP contribution >= 0.6 is 0 Å². The summed E-state index contributed by atoms with van der Waals surface area (Å²) in [6.07, 6.45) is 5.18. The first-order valence-corrected chi connectivity index (χ1v) is 7.20. The summed E-state index contributed by atoms with van der Waals surface area (Å²) in [5, 5.41) is 10.6. The molecule has 0 aliphatic heterocycles. The number of phenolic OH excluding ortho intramolecular Hbond substituents is 1. The molecule has 98 valence electrons. The fraction of sp³-hybridized carbons (Fsp3) is 0.625. The second-order valence-corrected chi connectivity index (χ2v) is 6.30. The van der Waals surface area contributed by atoms with E-state index >= 15 is 0 Å². The lowest BCUT2D eigenvalue weighted by atomic mass is 9.87. The van der Waals surface area contributed by atoms with Crippen LogP contribution in [0.4, 0.5) is 5.69 Å². The fourth-order valence-electron chi connectivity index (χ4n) is 3.10. The Labute approximate surface area is 109 Å². The third kappa shape index (κ3) is 2.09. The Morgan fingerprint density at radius 2 is 1.39 bits per heavy atom. The first-order valence-electron chi connectivity index (χ1n) is 7.20. The van der Waals surface area contributed by atoms with Crippen LogP contribution in [0.3, 0.4) is 0 Å². The van der Waals surface area contributed by atoms with Crippen LogP contribution < -0.4 is 5.73 Å². The zero-order chi connectivity index (χ0) is 12.9. The normalized spacial score (nSPS) is 22.8. The van der Waals surface area contributed by atoms with Gasteiger partial charge in [-0.25, -0.2) is 0 Å². The molecule has 0 saturated heterocycles. The van der Waals surface area contributed by atoms with Gasteiger partial charge < -0.3 is 10.8 Å². The summed E-state index contributed by atoms with van der Waals surface area (Å²) in [7, 11) is 0. The zero-order valence-corrected chi connectivity index (χ0v) is 11.3. The van der Waals surface area contributed by atoms with Crippen molar-refractivity contribution in [3.05, 3.63) is 23.3 Å². The quantitative estimate of drug-likeness (QED) is 0.622. The zero-order valence-electron chi connectivity index (χ0n) is 11.3. The Balaban J connectivity index is 1.97. The molecule has 0 radical (unpaired) electrons. The summed E-state index contributed by atoms with van der Waals surface area (Å²) in [6.45, 7) is 4.44. The number of hydrogen-bond acceptors (Lipinski definition) is 2. The lowest BCUT2D eigenvalue weighted by Crippen LogP contribution is -2.04. The number of nitrogen functional groups attached to an aromatic ring is 1. The lowest BCUT2D eigenvalue weighted by Gasteiger charge is -2.20. The minimum absolute atomic E-state index is 0.443. The molecule has 2 aliphatic carbocycles. The molecular formula is C16H23NO. The number of nitrogens with two attached hydrogens (primary N) is 1. The van der Waals surface area contributed by atoms with Crippen molar-refractivity contribution in [2.45, 2.75) is 51.4 Å². The Morgan fingerprint density at radius 1 is 1.00 bits per heavy atom. The summed E-state index contributed by atoms with van der Waals surface area (Å²) < 4.78 is 0. The van der Waals surface area contributed by atoms with Gasteiger partial charge >= 0.3 is 0 Å². The first kappa shape index (κ1) is 11.9. The molecule has 18 heavy (non-hydrogen) atoms. The molecular weight excluding hydrogens is 222 g/mol. The van der Waals surface area contributed by atoms with E-state index in [0.29, 0.717) is 17.6 Å². The highest BCUT2D eigenvalue weighted by Gasteiger charge is 2.34. The second-order valence-electron chi connectivity index (χ2n) is 6.30. The van der Waals surface area contributed by atoms with E-state index in [2.05, 4.69) is 13.8 Å². The average Bonchev–Trinajstić information content (AvgIpc) is 3.18. The van der Waals surface area contributed by atoms with Crippen LogP contribution in [-0.4, -0.2) is 5.11 Å². The van der Waals surface area contributed by atoms with Crippen LogP contribution in [0.5, 0.6) is 5.75 Å². The van der Waals surface area contributed by atoms with Crippen molar-refractivity contribution < 1.29 is 5.11 Å². The van der Waals surface area contributed by atoms with Crippen LogP contribution in [0.1, 0.15) is 62.5 Å². The Hall–Kier alpha value is -1.18. The minimum Gasteiger partial charge on any atom is -0.507 e. The van der Waals surface area contributed by atoms with Gasteiger partial charge in [0.25, 0.3) is 0 Å². The molecule has 2 unspecified atom stereocenters. The molecule has 2 fully saturated rings. The van der Waals surface area contributed by atoms with Gasteiger partial charge in [0.2, 0.25) is 0 Å². The van der Waals surface area contributed by atoms with Gasteiger partial charge in [0.15, 0.2) is 0 Å². The predicted molar refractivity (Wildman–Crippen MR) is 74.8 cm³/mol. The number of hydrogen-bond donors (Lipinski definition) is 2. The van der Waals surface area contributed by atoms with Gasteiger partial charge in [-0.05, 0) is 72.6 Å². The Kier molecular flexibility index (Phi) is 2.76. The van der Waals surface area contributed by atoms with Crippen LogP contribution in [-0.2, 0) is 0 Å². The van der Waals surface area contributed by atoms with E-state index in [1.54, 1.807) is 0 Å². The van der Waals surface area contributed by atoms with Crippen molar-refractivity contribution in [2.24, 2.45) is 11.8 Å². The molecule has 2 saturated carbocycles. The largest absolute Gasteiger partial charge is 0.507 e. The van der Waals surface area contributed by atoms with Crippen molar-refractivity contribution in [3.8, 4) is 5.75 Å². The fourth-order valence-corrected chi connectivity index (χ4v) is 3.10. The Bertz CT molecular complexity index is 421. The van der Waals surface area contributed by atoms with Gasteiger partial charge in [-0.3, -0.25) is 0 Å². The molecule has 2 nitrogen and oxygen atoms in total. The topological polar surface area (TPSA) is 46.2 Å². The molecule has 0 amide bonds. The highest BCUT2D eigenvalue weighted by atomic mass is 16.3. The van der Waals surface area contributed by atoms with E-state index in [1.807, 2.05) is 12.1 Å². The lowest BCUT2D eigenvalue weighted by molar-refractivity contribution is 0.443. The highest BCUT2D eigenvalue weighted by Crippen LogP contribution is 2.50. The third-order valence-electron chi connectivity index (χ3n) is 4.83. The van der Waals surface area contributed by atoms with Crippen molar-refractivity contribution in [1.29, 1.82) is 0 Å². The molecule has 3 N–H and O–H groups in total. The van der Waals surface area contributed by atoms with Crippen molar-refractivity contribution >= 4 is 5.69 Å². The van der Waals surface area contributed by atoms with E-state index in [0.717, 1.165) is 28.7 Å². The average molecular weight is 245 g/mol. The SMILES string of the molecule is CC(c1cc(N)cc(C(C)C2CC2)c1O)C1CC1. The summed E-state index contributed by atoms with van der Waals surface area (Å²) in [5.74, 6) is 2.91. The predicted octanol–water partition coefficient (Wildman–Crippen LogP) is 4.00. The number of aromatic hydroxyl groups is 1. The summed E-state index contributed by atoms with van der Waals surface area (Å²) >= 11 is 0. The molecule has 3 rings (SSSR count). The molecule has 0 bridgehead atoms. The van der Waals surface area contributed by atoms with Gasteiger partial charge in [0.05, 0.1) is 0 Å². The molecule has 2 atom stereocenters. The standard InChI is InChI=1S/C16H23NO/c1-9(11-3-4-11)14-7-13(17)8-15(16(14)18)10(2)12-5-6-12/h7-12,18H,3-6,17H2,1-2H3. The molecule has 1 aromatic carbocycles. The van der Waals surface area contributed by atoms with E-state index < -0.39 is 0 Å². The van der Waals surface area contributed by atoms with Gasteiger partial charge in [0.1, 0.15) is 5.75 Å². The number of anilines is 1. The van der Waals surface area contributed by atoms with Crippen molar-refractivity contribution in [1.82, 2.24) is 0 Å². The monoisotopic (exact) mass is 245 g/mol. The van der Waals surface area contributed by atoms with Crippen LogP contribution in [0, 0.1) is 11.8 Å². The van der Waals surface area contributed by atoms with E-state index in [9.17, 15) is 5.11 Å². The number of benzene rings is 1. The maximum absolute atomic E-state index is 10.6. The maximum atomic E-state index is 10.6. The summed E-state index contributed by atoms with van der Waals surface area (Å²) in [6, 6.07) is 3.95. The first-order chi connectivity index (χ1) is 8.58. The van der Waals surface area contributed by atoms with Crippen LogP contribution in [0.2, 0.25) is 0 Å². The van der Waals surface area contributed by atoms with Gasteiger partial charge in [0, 0.05) is 5.69 Å². The van der Waals surface area contributed by atoms with Gasteiger partial charge in [-0.2, -0.15) is 0 Å². The highest BCUT2D eigenvalue weighted by molar-refractivity contribution is 5.55. The van der Waals surface area contributed by atoms with E-state index in [4.69, 9.17) is 5.73 Å². The Morgan fingerprint density at radius 3 is 1.72 bits per heavy atom. The third-order valence-corrected chi connectivity index (χ3v) is 4.83. The summed E-state index contributed by atoms with van der Waals surface area (Å²) in [4.78, 5) is 0. The smallest absolute Gasteiger partial charge is 0.122 e. The molecule has 2 heteroatoms. The van der Waals surface area contributed by atoms with E-state index in [1.165, 1.54) is 25.7 Å². The van der Waals surface area contributed by atoms with Gasteiger partial charge in [-0.15, -0.1) is 0 Å². The van der Waals surface area contributed by atoms with E-state index in [-0.39, 0.29) is 0 Å². The minimum atomic E-state index is 0.443.